The van der Waals surface area contributed by atoms with Crippen molar-refractivity contribution >= 4 is 25.4 Å². The second-order valence-corrected chi connectivity index (χ2v) is 7.02. The Morgan fingerprint density at radius 1 is 1.11 bits per heavy atom. The number of aliphatic imine (C=N–C) groups is 1. The lowest BCUT2D eigenvalue weighted by Crippen LogP contribution is -2.46. The first-order chi connectivity index (χ1) is 9.16. The largest absolute Gasteiger partial charge is 0.500 e. The Hall–Kier alpha value is -0.346. The third-order valence-corrected chi connectivity index (χ3v) is 5.06. The van der Waals surface area contributed by atoms with Gasteiger partial charge in [0.2, 0.25) is 6.08 Å². The lowest BCUT2D eigenvalue weighted by Gasteiger charge is -2.28. The molecule has 0 saturated heterocycles. The summed E-state index contributed by atoms with van der Waals surface area (Å²) in [6.45, 7) is 7.93. The molecule has 8 heteroatoms. The van der Waals surface area contributed by atoms with Gasteiger partial charge in [-0.1, -0.05) is 0 Å². The molecule has 0 radical (unpaired) electrons. The normalized spacial score (nSPS) is 10.5. The van der Waals surface area contributed by atoms with Crippen LogP contribution in [-0.2, 0) is 22.5 Å². The van der Waals surface area contributed by atoms with Gasteiger partial charge in [0.25, 0.3) is 0 Å². The summed E-state index contributed by atoms with van der Waals surface area (Å²) in [5, 5.41) is 0. The highest BCUT2D eigenvalue weighted by atomic mass is 28.4. The SMILES string of the molecule is CCO[Si](CCCN=C=O)(OCC)OCC.CO[SiH3]. The summed E-state index contributed by atoms with van der Waals surface area (Å²) < 4.78 is 21.3. The fourth-order valence-corrected chi connectivity index (χ4v) is 4.02. The molecule has 0 rings (SSSR count). The maximum Gasteiger partial charge on any atom is 0.500 e. The molecule has 0 heterocycles. The molecule has 0 bridgehead atoms. The van der Waals surface area contributed by atoms with Gasteiger partial charge in [-0.2, -0.15) is 0 Å². The van der Waals surface area contributed by atoms with E-state index in [9.17, 15) is 4.79 Å². The molecule has 0 aromatic carbocycles. The van der Waals surface area contributed by atoms with Gasteiger partial charge in [0.15, 0.2) is 0 Å². The molecule has 0 spiro atoms. The van der Waals surface area contributed by atoms with Crippen LogP contribution in [0.2, 0.25) is 6.04 Å². The first kappa shape index (κ1) is 21.0. The molecule has 0 aromatic rings. The second-order valence-electron chi connectivity index (χ2n) is 3.47. The Bertz CT molecular complexity index is 220. The molecule has 6 nitrogen and oxygen atoms in total. The molecule has 0 atom stereocenters. The Morgan fingerprint density at radius 2 is 1.53 bits per heavy atom. The van der Waals surface area contributed by atoms with Crippen LogP contribution < -0.4 is 0 Å². The van der Waals surface area contributed by atoms with E-state index in [1.807, 2.05) is 20.8 Å². The minimum atomic E-state index is -2.54. The van der Waals surface area contributed by atoms with E-state index in [4.69, 9.17) is 13.3 Å². The van der Waals surface area contributed by atoms with Crippen LogP contribution in [0.15, 0.2) is 4.99 Å². The fourth-order valence-electron chi connectivity index (χ4n) is 1.42. The summed E-state index contributed by atoms with van der Waals surface area (Å²) in [4.78, 5) is 13.4. The minimum Gasteiger partial charge on any atom is -0.431 e. The molecule has 0 aliphatic carbocycles. The van der Waals surface area contributed by atoms with Crippen LogP contribution in [0, 0.1) is 0 Å². The van der Waals surface area contributed by atoms with E-state index in [-0.39, 0.29) is 0 Å². The summed E-state index contributed by atoms with van der Waals surface area (Å²) in [5.41, 5.74) is 0. The maximum atomic E-state index is 9.93. The smallest absolute Gasteiger partial charge is 0.431 e. The standard InChI is InChI=1S/C10H21NO4Si.CH6OSi/c1-4-13-16(14-5-2,15-6-3)9-7-8-11-10-12;1-2-3/h4-9H2,1-3H3;1,3H3. The van der Waals surface area contributed by atoms with Crippen molar-refractivity contribution < 1.29 is 22.5 Å². The molecule has 0 amide bonds. The van der Waals surface area contributed by atoms with Crippen molar-refractivity contribution in [3.05, 3.63) is 0 Å². The summed E-state index contributed by atoms with van der Waals surface area (Å²) in [5.74, 6) is 0. The van der Waals surface area contributed by atoms with Crippen LogP contribution in [0.4, 0.5) is 0 Å². The molecule has 0 unspecified atom stereocenters. The Balaban J connectivity index is 0. The maximum absolute atomic E-state index is 9.93. The highest BCUT2D eigenvalue weighted by Gasteiger charge is 2.39. The Kier molecular flexibility index (Phi) is 17.3. The zero-order valence-corrected chi connectivity index (χ0v) is 15.7. The minimum absolute atomic E-state index is 0.450. The number of isocyanates is 1. The number of nitrogens with zero attached hydrogens (tertiary/aromatic N) is 1. The predicted octanol–water partition coefficient (Wildman–Crippen LogP) is 0.674. The van der Waals surface area contributed by atoms with Gasteiger partial charge in [0, 0.05) is 33.0 Å². The van der Waals surface area contributed by atoms with Gasteiger partial charge < -0.3 is 17.7 Å². The monoisotopic (exact) mass is 309 g/mol. The zero-order chi connectivity index (χ0) is 15.0. The molecule has 0 saturated carbocycles. The molecular weight excluding hydrogens is 282 g/mol. The molecule has 0 fully saturated rings. The van der Waals surface area contributed by atoms with Gasteiger partial charge in [-0.15, -0.1) is 0 Å². The topological polar surface area (TPSA) is 66.4 Å². The van der Waals surface area contributed by atoms with E-state index < -0.39 is 8.80 Å². The van der Waals surface area contributed by atoms with Gasteiger partial charge in [0.1, 0.15) is 10.5 Å². The van der Waals surface area contributed by atoms with E-state index in [2.05, 4.69) is 9.42 Å². The van der Waals surface area contributed by atoms with Crippen molar-refractivity contribution in [2.24, 2.45) is 4.99 Å². The molecular formula is C11H27NO5Si2. The molecule has 0 aliphatic heterocycles. The third kappa shape index (κ3) is 12.4. The predicted molar refractivity (Wildman–Crippen MR) is 80.0 cm³/mol. The van der Waals surface area contributed by atoms with Crippen LogP contribution in [0.3, 0.4) is 0 Å². The van der Waals surface area contributed by atoms with Crippen LogP contribution in [0.25, 0.3) is 0 Å². The first-order valence-electron chi connectivity index (χ1n) is 6.51. The van der Waals surface area contributed by atoms with Crippen molar-refractivity contribution in [3.8, 4) is 0 Å². The Labute approximate surface area is 120 Å². The number of hydrogen-bond acceptors (Lipinski definition) is 6. The van der Waals surface area contributed by atoms with E-state index >= 15 is 0 Å². The summed E-state index contributed by atoms with van der Waals surface area (Å²) in [6.07, 6.45) is 2.24. The molecule has 0 aliphatic rings. The van der Waals surface area contributed by atoms with Gasteiger partial charge in [-0.3, -0.25) is 0 Å². The van der Waals surface area contributed by atoms with Gasteiger partial charge in [-0.25, -0.2) is 9.79 Å². The molecule has 0 aromatic heterocycles. The van der Waals surface area contributed by atoms with E-state index in [0.29, 0.717) is 32.4 Å². The average molecular weight is 310 g/mol. The lowest BCUT2D eigenvalue weighted by atomic mass is 10.5. The summed E-state index contributed by atoms with van der Waals surface area (Å²) in [6, 6.07) is 0.688. The van der Waals surface area contributed by atoms with E-state index in [0.717, 1.165) is 16.9 Å². The lowest BCUT2D eigenvalue weighted by molar-refractivity contribution is 0.0710. The number of rotatable bonds is 10. The molecule has 0 N–H and O–H groups in total. The molecule has 19 heavy (non-hydrogen) atoms. The van der Waals surface area contributed by atoms with Crippen LogP contribution >= 0.6 is 0 Å². The summed E-state index contributed by atoms with van der Waals surface area (Å²) >= 11 is 0. The van der Waals surface area contributed by atoms with Crippen LogP contribution in [-0.4, -0.2) is 58.8 Å². The first-order valence-corrected chi connectivity index (χ1v) is 9.26. The summed E-state index contributed by atoms with van der Waals surface area (Å²) in [7, 11) is 0.0202. The highest BCUT2D eigenvalue weighted by Crippen LogP contribution is 2.17. The van der Waals surface area contributed by atoms with Crippen molar-refractivity contribution in [3.63, 3.8) is 0 Å². The fraction of sp³-hybridized carbons (Fsp3) is 0.909. The van der Waals surface area contributed by atoms with Crippen molar-refractivity contribution in [2.75, 3.05) is 33.5 Å². The quantitative estimate of drug-likeness (QED) is 0.257. The number of carbonyl (C=O) groups excluding carboxylic acids is 1. The van der Waals surface area contributed by atoms with Gasteiger partial charge in [-0.05, 0) is 27.2 Å². The van der Waals surface area contributed by atoms with Crippen molar-refractivity contribution in [1.29, 1.82) is 0 Å². The Morgan fingerprint density at radius 3 is 1.84 bits per heavy atom. The highest BCUT2D eigenvalue weighted by molar-refractivity contribution is 6.60. The van der Waals surface area contributed by atoms with E-state index in [1.54, 1.807) is 7.11 Å². The number of hydrogen-bond donors (Lipinski definition) is 0. The van der Waals surface area contributed by atoms with Gasteiger partial charge in [0.05, 0.1) is 6.54 Å². The van der Waals surface area contributed by atoms with Gasteiger partial charge >= 0.3 is 8.80 Å². The second kappa shape index (κ2) is 15.7. The van der Waals surface area contributed by atoms with E-state index in [1.165, 1.54) is 6.08 Å². The van der Waals surface area contributed by atoms with Crippen LogP contribution in [0.1, 0.15) is 27.2 Å². The average Bonchev–Trinajstić information content (AvgIpc) is 2.37. The van der Waals surface area contributed by atoms with Crippen molar-refractivity contribution in [1.82, 2.24) is 0 Å². The van der Waals surface area contributed by atoms with Crippen molar-refractivity contribution in [2.45, 2.75) is 33.2 Å². The van der Waals surface area contributed by atoms with Crippen LogP contribution in [0.5, 0.6) is 0 Å². The molecule has 114 valence electrons. The third-order valence-electron chi connectivity index (χ3n) is 1.91. The zero-order valence-electron chi connectivity index (χ0n) is 12.7.